The van der Waals surface area contributed by atoms with E-state index in [9.17, 15) is 0 Å². The molecule has 0 fully saturated rings. The van der Waals surface area contributed by atoms with Gasteiger partial charge >= 0.3 is 0 Å². The first-order chi connectivity index (χ1) is 15.3. The molecule has 2 nitrogen and oxygen atoms in total. The Morgan fingerprint density at radius 1 is 0.419 bits per heavy atom. The lowest BCUT2D eigenvalue weighted by molar-refractivity contribution is 1.18. The highest BCUT2D eigenvalue weighted by Crippen LogP contribution is 2.29. The van der Waals surface area contributed by atoms with Gasteiger partial charge in [0, 0.05) is 20.3 Å². The van der Waals surface area contributed by atoms with Crippen molar-refractivity contribution in [2.75, 3.05) is 0 Å². The lowest BCUT2D eigenvalue weighted by atomic mass is 10.0. The Morgan fingerprint density at radius 2 is 0.935 bits per heavy atom. The van der Waals surface area contributed by atoms with Crippen LogP contribution in [0.5, 0.6) is 0 Å². The Morgan fingerprint density at radius 3 is 1.58 bits per heavy atom. The summed E-state index contributed by atoms with van der Waals surface area (Å²) in [5.41, 5.74) is 7.41. The quantitative estimate of drug-likeness (QED) is 0.231. The molecule has 31 heavy (non-hydrogen) atoms. The van der Waals surface area contributed by atoms with Crippen LogP contribution in [-0.4, -0.2) is 9.97 Å². The number of hydrogen-bond acceptors (Lipinski definition) is 2. The molecule has 0 atom stereocenters. The number of aromatic nitrogens is 2. The van der Waals surface area contributed by atoms with Gasteiger partial charge in [0.15, 0.2) is 5.82 Å². The fourth-order valence-electron chi connectivity index (χ4n) is 3.57. The number of rotatable bonds is 4. The predicted molar refractivity (Wildman–Crippen MR) is 136 cm³/mol. The highest BCUT2D eigenvalue weighted by atomic mass is 127. The molecule has 0 spiro atoms. The van der Waals surface area contributed by atoms with E-state index >= 15 is 0 Å². The second-order valence-electron chi connectivity index (χ2n) is 7.28. The van der Waals surface area contributed by atoms with Gasteiger partial charge in [-0.3, -0.25) is 0 Å². The Labute approximate surface area is 195 Å². The van der Waals surface area contributed by atoms with Crippen molar-refractivity contribution in [2.45, 2.75) is 0 Å². The normalized spacial score (nSPS) is 10.7. The zero-order valence-corrected chi connectivity index (χ0v) is 18.9. The molecule has 0 aliphatic carbocycles. The topological polar surface area (TPSA) is 25.8 Å². The lowest BCUT2D eigenvalue weighted by Crippen LogP contribution is -1.96. The molecule has 0 bridgehead atoms. The first kappa shape index (κ1) is 19.6. The van der Waals surface area contributed by atoms with E-state index in [4.69, 9.17) is 9.97 Å². The molecule has 5 rings (SSSR count). The molecule has 0 saturated carbocycles. The van der Waals surface area contributed by atoms with Crippen molar-refractivity contribution in [3.05, 3.63) is 119 Å². The van der Waals surface area contributed by atoms with E-state index in [0.29, 0.717) is 0 Å². The first-order valence-electron chi connectivity index (χ1n) is 10.1. The molecule has 5 aromatic rings. The van der Waals surface area contributed by atoms with Crippen LogP contribution in [0.4, 0.5) is 0 Å². The van der Waals surface area contributed by atoms with Gasteiger partial charge in [-0.25, -0.2) is 9.97 Å². The average molecular weight is 510 g/mol. The molecule has 0 aliphatic heterocycles. The number of benzene rings is 4. The van der Waals surface area contributed by atoms with E-state index in [1.807, 2.05) is 24.3 Å². The number of hydrogen-bond donors (Lipinski definition) is 0. The van der Waals surface area contributed by atoms with E-state index in [2.05, 4.69) is 114 Å². The molecule has 0 amide bonds. The van der Waals surface area contributed by atoms with Crippen LogP contribution >= 0.6 is 22.6 Å². The van der Waals surface area contributed by atoms with E-state index in [-0.39, 0.29) is 0 Å². The molecule has 0 unspecified atom stereocenters. The molecular weight excluding hydrogens is 491 g/mol. The summed E-state index contributed by atoms with van der Waals surface area (Å²) in [7, 11) is 0. The summed E-state index contributed by atoms with van der Waals surface area (Å²) < 4.78 is 1.18. The average Bonchev–Trinajstić information content (AvgIpc) is 2.85. The van der Waals surface area contributed by atoms with Crippen LogP contribution in [-0.2, 0) is 0 Å². The van der Waals surface area contributed by atoms with E-state index in [0.717, 1.165) is 33.9 Å². The van der Waals surface area contributed by atoms with Gasteiger partial charge in [-0.2, -0.15) is 0 Å². The van der Waals surface area contributed by atoms with Gasteiger partial charge in [0.1, 0.15) is 0 Å². The summed E-state index contributed by atoms with van der Waals surface area (Å²) in [6, 6.07) is 39.6. The van der Waals surface area contributed by atoms with Gasteiger partial charge in [0.2, 0.25) is 0 Å². The Kier molecular flexibility index (Phi) is 5.59. The minimum Gasteiger partial charge on any atom is -0.228 e. The molecule has 0 saturated heterocycles. The van der Waals surface area contributed by atoms with Crippen molar-refractivity contribution < 1.29 is 0 Å². The molecule has 0 aliphatic rings. The van der Waals surface area contributed by atoms with Crippen molar-refractivity contribution in [2.24, 2.45) is 0 Å². The van der Waals surface area contributed by atoms with Crippen molar-refractivity contribution in [1.29, 1.82) is 0 Å². The van der Waals surface area contributed by atoms with Crippen LogP contribution in [0.1, 0.15) is 0 Å². The highest BCUT2D eigenvalue weighted by Gasteiger charge is 2.11. The van der Waals surface area contributed by atoms with Crippen molar-refractivity contribution in [1.82, 2.24) is 9.97 Å². The van der Waals surface area contributed by atoms with E-state index in [1.54, 1.807) is 0 Å². The third-order valence-corrected chi connectivity index (χ3v) is 5.84. The third kappa shape index (κ3) is 4.42. The largest absolute Gasteiger partial charge is 0.228 e. The van der Waals surface area contributed by atoms with Gasteiger partial charge in [0.25, 0.3) is 0 Å². The zero-order chi connectivity index (χ0) is 21.0. The summed E-state index contributed by atoms with van der Waals surface area (Å²) in [4.78, 5) is 9.84. The van der Waals surface area contributed by atoms with E-state index in [1.165, 1.54) is 14.7 Å². The van der Waals surface area contributed by atoms with Crippen LogP contribution < -0.4 is 0 Å². The smallest absolute Gasteiger partial charge is 0.160 e. The summed E-state index contributed by atoms with van der Waals surface area (Å²) in [6.07, 6.45) is 0. The van der Waals surface area contributed by atoms with Crippen molar-refractivity contribution in [3.8, 4) is 45.0 Å². The molecule has 148 valence electrons. The molecule has 0 N–H and O–H groups in total. The van der Waals surface area contributed by atoms with Crippen LogP contribution in [0.3, 0.4) is 0 Å². The molecule has 1 heterocycles. The number of nitrogens with zero attached hydrogens (tertiary/aromatic N) is 2. The second kappa shape index (κ2) is 8.82. The maximum absolute atomic E-state index is 4.93. The van der Waals surface area contributed by atoms with Gasteiger partial charge in [0.05, 0.1) is 11.4 Å². The van der Waals surface area contributed by atoms with Crippen molar-refractivity contribution in [3.63, 3.8) is 0 Å². The van der Waals surface area contributed by atoms with Crippen molar-refractivity contribution >= 4 is 22.6 Å². The zero-order valence-electron chi connectivity index (χ0n) is 16.7. The monoisotopic (exact) mass is 510 g/mol. The molecule has 0 radical (unpaired) electrons. The molecule has 3 heteroatoms. The van der Waals surface area contributed by atoms with Crippen LogP contribution in [0.25, 0.3) is 45.0 Å². The summed E-state index contributed by atoms with van der Waals surface area (Å²) in [5.74, 6) is 0.731. The minimum atomic E-state index is 0.731. The number of halogens is 1. The van der Waals surface area contributed by atoms with Crippen LogP contribution in [0.15, 0.2) is 115 Å². The predicted octanol–water partition coefficient (Wildman–Crippen LogP) is 7.75. The van der Waals surface area contributed by atoms with Gasteiger partial charge in [-0.1, -0.05) is 97.1 Å². The fraction of sp³-hybridized carbons (Fsp3) is 0. The van der Waals surface area contributed by atoms with E-state index < -0.39 is 0 Å². The maximum Gasteiger partial charge on any atom is 0.160 e. The Balaban J connectivity index is 1.61. The fourth-order valence-corrected chi connectivity index (χ4v) is 4.11. The van der Waals surface area contributed by atoms with Crippen LogP contribution in [0, 0.1) is 3.57 Å². The maximum atomic E-state index is 4.93. The molecular formula is C28H19IN2. The summed E-state index contributed by atoms with van der Waals surface area (Å²) >= 11 is 2.34. The first-order valence-corrected chi connectivity index (χ1v) is 11.2. The van der Waals surface area contributed by atoms with Gasteiger partial charge in [-0.15, -0.1) is 0 Å². The van der Waals surface area contributed by atoms with Gasteiger partial charge < -0.3 is 0 Å². The highest BCUT2D eigenvalue weighted by molar-refractivity contribution is 14.1. The molecule has 1 aromatic heterocycles. The lowest BCUT2D eigenvalue weighted by Gasteiger charge is -2.10. The SMILES string of the molecule is Ic1cccc(-c2cc(-c3ccccc3)nc(-c3ccc(-c4ccccc4)cc3)n2)c1. The Bertz CT molecular complexity index is 1310. The molecule has 4 aromatic carbocycles. The summed E-state index contributed by atoms with van der Waals surface area (Å²) in [5, 5.41) is 0. The van der Waals surface area contributed by atoms with Gasteiger partial charge in [-0.05, 0) is 51.9 Å². The summed E-state index contributed by atoms with van der Waals surface area (Å²) in [6.45, 7) is 0. The standard InChI is InChI=1S/C28H19IN2/c29-25-13-7-12-24(18-25)27-19-26(22-10-5-2-6-11-22)30-28(31-27)23-16-14-21(15-17-23)20-8-3-1-4-9-20/h1-19H. The third-order valence-electron chi connectivity index (χ3n) is 5.17. The Hall–Kier alpha value is -3.31. The van der Waals surface area contributed by atoms with Crippen LogP contribution in [0.2, 0.25) is 0 Å². The minimum absolute atomic E-state index is 0.731. The second-order valence-corrected chi connectivity index (χ2v) is 8.53.